The largest absolute Gasteiger partial charge is 0.313 e. The summed E-state index contributed by atoms with van der Waals surface area (Å²) in [7, 11) is 1.76. The van der Waals surface area contributed by atoms with Crippen molar-refractivity contribution in [1.29, 1.82) is 0 Å². The van der Waals surface area contributed by atoms with E-state index in [4.69, 9.17) is 0 Å². The fourth-order valence-corrected chi connectivity index (χ4v) is 0.873. The number of ketones is 1. The van der Waals surface area contributed by atoms with Gasteiger partial charge < -0.3 is 5.32 Å². The molecule has 0 bridgehead atoms. The smallest absolute Gasteiger partial charge is 0.148 e. The van der Waals surface area contributed by atoms with Crippen molar-refractivity contribution in [3.63, 3.8) is 0 Å². The van der Waals surface area contributed by atoms with Crippen molar-refractivity contribution < 1.29 is 4.79 Å². The maximum Gasteiger partial charge on any atom is 0.148 e. The van der Waals surface area contributed by atoms with Crippen LogP contribution >= 0.6 is 0 Å². The van der Waals surface area contributed by atoms with Crippen molar-refractivity contribution in [2.45, 2.75) is 13.0 Å². The van der Waals surface area contributed by atoms with Crippen LogP contribution in [0.3, 0.4) is 0 Å². The number of aryl methyl sites for hydroxylation is 1. The summed E-state index contributed by atoms with van der Waals surface area (Å²) >= 11 is 0. The van der Waals surface area contributed by atoms with Gasteiger partial charge in [0, 0.05) is 13.0 Å². The zero-order chi connectivity index (χ0) is 8.81. The van der Waals surface area contributed by atoms with Gasteiger partial charge in [-0.05, 0) is 7.05 Å². The molecule has 1 N–H and O–H groups in total. The number of likely N-dealkylation sites (N-methyl/N-ethyl adjacent to an activating group) is 1. The molecular formula is C7H12N4O. The minimum atomic E-state index is 0.188. The standard InChI is InChI=1S/C7H12N4O/c1-8-4-7(12)2-3-11-6-9-5-10-11/h5-6,8H,2-4H2,1H3. The van der Waals surface area contributed by atoms with Crippen LogP contribution in [0.25, 0.3) is 0 Å². The van der Waals surface area contributed by atoms with Gasteiger partial charge in [-0.1, -0.05) is 0 Å². The summed E-state index contributed by atoms with van der Waals surface area (Å²) in [5, 5.41) is 6.68. The molecule has 0 radical (unpaired) electrons. The Morgan fingerprint density at radius 1 is 1.67 bits per heavy atom. The second-order valence-corrected chi connectivity index (χ2v) is 2.48. The van der Waals surface area contributed by atoms with Crippen LogP contribution < -0.4 is 5.32 Å². The van der Waals surface area contributed by atoms with Crippen LogP contribution in [0.4, 0.5) is 0 Å². The predicted octanol–water partition coefficient (Wildman–Crippen LogP) is -0.543. The minimum absolute atomic E-state index is 0.188. The number of nitrogens with zero attached hydrogens (tertiary/aromatic N) is 3. The van der Waals surface area contributed by atoms with Gasteiger partial charge in [0.05, 0.1) is 6.54 Å². The van der Waals surface area contributed by atoms with E-state index in [1.165, 1.54) is 6.33 Å². The summed E-state index contributed by atoms with van der Waals surface area (Å²) < 4.78 is 1.65. The van der Waals surface area contributed by atoms with E-state index in [0.29, 0.717) is 19.5 Å². The number of nitrogens with one attached hydrogen (secondary N) is 1. The summed E-state index contributed by atoms with van der Waals surface area (Å²) in [5.74, 6) is 0.188. The van der Waals surface area contributed by atoms with Crippen molar-refractivity contribution in [2.75, 3.05) is 13.6 Å². The molecule has 1 aromatic heterocycles. The molecule has 0 amide bonds. The SMILES string of the molecule is CNCC(=O)CCn1cncn1. The Labute approximate surface area is 70.8 Å². The molecule has 12 heavy (non-hydrogen) atoms. The fraction of sp³-hybridized carbons (Fsp3) is 0.571. The summed E-state index contributed by atoms with van der Waals surface area (Å²) in [6.45, 7) is 1.04. The topological polar surface area (TPSA) is 59.8 Å². The van der Waals surface area contributed by atoms with Gasteiger partial charge >= 0.3 is 0 Å². The lowest BCUT2D eigenvalue weighted by molar-refractivity contribution is -0.118. The Kier molecular flexibility index (Phi) is 3.40. The van der Waals surface area contributed by atoms with Crippen molar-refractivity contribution in [2.24, 2.45) is 0 Å². The molecule has 0 spiro atoms. The lowest BCUT2D eigenvalue weighted by atomic mass is 10.3. The van der Waals surface area contributed by atoms with E-state index in [0.717, 1.165) is 0 Å². The van der Waals surface area contributed by atoms with Crippen molar-refractivity contribution in [3.8, 4) is 0 Å². The highest BCUT2D eigenvalue weighted by molar-refractivity contribution is 5.80. The van der Waals surface area contributed by atoms with Crippen LogP contribution in [-0.4, -0.2) is 34.1 Å². The molecule has 0 aliphatic carbocycles. The molecule has 0 saturated heterocycles. The highest BCUT2D eigenvalue weighted by Gasteiger charge is 1.99. The zero-order valence-corrected chi connectivity index (χ0v) is 7.03. The molecule has 0 atom stereocenters. The first kappa shape index (κ1) is 8.86. The van der Waals surface area contributed by atoms with E-state index in [2.05, 4.69) is 15.4 Å². The second-order valence-electron chi connectivity index (χ2n) is 2.48. The number of aromatic nitrogens is 3. The molecule has 1 rings (SSSR count). The van der Waals surface area contributed by atoms with Crippen molar-refractivity contribution in [1.82, 2.24) is 20.1 Å². The monoisotopic (exact) mass is 168 g/mol. The van der Waals surface area contributed by atoms with Crippen LogP contribution in [0.15, 0.2) is 12.7 Å². The molecular weight excluding hydrogens is 156 g/mol. The normalized spacial score (nSPS) is 10.1. The Balaban J connectivity index is 2.22. The maximum absolute atomic E-state index is 11.0. The minimum Gasteiger partial charge on any atom is -0.313 e. The van der Waals surface area contributed by atoms with Gasteiger partial charge in [0.25, 0.3) is 0 Å². The third-order valence-corrected chi connectivity index (χ3v) is 1.46. The van der Waals surface area contributed by atoms with Crippen LogP contribution in [0.1, 0.15) is 6.42 Å². The maximum atomic E-state index is 11.0. The van der Waals surface area contributed by atoms with E-state index in [9.17, 15) is 4.79 Å². The quantitative estimate of drug-likeness (QED) is 0.641. The van der Waals surface area contributed by atoms with E-state index < -0.39 is 0 Å². The van der Waals surface area contributed by atoms with Gasteiger partial charge in [-0.3, -0.25) is 9.48 Å². The van der Waals surface area contributed by atoms with Gasteiger partial charge in [-0.25, -0.2) is 4.98 Å². The third kappa shape index (κ3) is 2.79. The number of carbonyl (C=O) groups is 1. The number of Topliss-reactive ketones (excluding diaryl/α,β-unsaturated/α-hetero) is 1. The molecule has 0 aromatic carbocycles. The van der Waals surface area contributed by atoms with E-state index in [-0.39, 0.29) is 5.78 Å². The molecule has 0 aliphatic rings. The number of carbonyl (C=O) groups excluding carboxylic acids is 1. The second kappa shape index (κ2) is 4.61. The molecule has 5 nitrogen and oxygen atoms in total. The zero-order valence-electron chi connectivity index (χ0n) is 7.03. The van der Waals surface area contributed by atoms with Gasteiger partial charge in [0.2, 0.25) is 0 Å². The van der Waals surface area contributed by atoms with Gasteiger partial charge in [0.15, 0.2) is 0 Å². The van der Waals surface area contributed by atoms with Crippen LogP contribution in [0.2, 0.25) is 0 Å². The van der Waals surface area contributed by atoms with Crippen LogP contribution in [-0.2, 0) is 11.3 Å². The van der Waals surface area contributed by atoms with Gasteiger partial charge in [0.1, 0.15) is 18.4 Å². The van der Waals surface area contributed by atoms with Gasteiger partial charge in [-0.15, -0.1) is 0 Å². The first-order valence-corrected chi connectivity index (χ1v) is 3.81. The first-order chi connectivity index (χ1) is 5.83. The van der Waals surface area contributed by atoms with Crippen molar-refractivity contribution >= 4 is 5.78 Å². The predicted molar refractivity (Wildman–Crippen MR) is 43.6 cm³/mol. The van der Waals surface area contributed by atoms with E-state index >= 15 is 0 Å². The molecule has 0 fully saturated rings. The Hall–Kier alpha value is -1.23. The molecule has 0 saturated carbocycles. The third-order valence-electron chi connectivity index (χ3n) is 1.46. The van der Waals surface area contributed by atoms with Crippen LogP contribution in [0, 0.1) is 0 Å². The number of hydrogen-bond donors (Lipinski definition) is 1. The molecule has 0 aliphatic heterocycles. The molecule has 1 heterocycles. The fourth-order valence-electron chi connectivity index (χ4n) is 0.873. The summed E-state index contributed by atoms with van der Waals surface area (Å²) in [5.41, 5.74) is 0. The average Bonchev–Trinajstić information content (AvgIpc) is 2.53. The Morgan fingerprint density at radius 3 is 3.08 bits per heavy atom. The Bertz CT molecular complexity index is 232. The molecule has 1 aromatic rings. The van der Waals surface area contributed by atoms with E-state index in [1.807, 2.05) is 0 Å². The summed E-state index contributed by atoms with van der Waals surface area (Å²) in [6.07, 6.45) is 3.57. The lowest BCUT2D eigenvalue weighted by Crippen LogP contribution is -2.19. The van der Waals surface area contributed by atoms with Crippen LogP contribution in [0.5, 0.6) is 0 Å². The number of hydrogen-bond acceptors (Lipinski definition) is 4. The van der Waals surface area contributed by atoms with E-state index in [1.54, 1.807) is 18.1 Å². The Morgan fingerprint density at radius 2 is 2.50 bits per heavy atom. The summed E-state index contributed by atoms with van der Waals surface area (Å²) in [4.78, 5) is 14.8. The lowest BCUT2D eigenvalue weighted by Gasteiger charge is -1.99. The highest BCUT2D eigenvalue weighted by atomic mass is 16.1. The average molecular weight is 168 g/mol. The molecule has 5 heteroatoms. The summed E-state index contributed by atoms with van der Waals surface area (Å²) in [6, 6.07) is 0. The first-order valence-electron chi connectivity index (χ1n) is 3.81. The van der Waals surface area contributed by atoms with Gasteiger partial charge in [-0.2, -0.15) is 5.10 Å². The highest BCUT2D eigenvalue weighted by Crippen LogP contribution is 1.87. The molecule has 0 unspecified atom stereocenters. The number of rotatable bonds is 5. The van der Waals surface area contributed by atoms with Crippen molar-refractivity contribution in [3.05, 3.63) is 12.7 Å². The molecule has 66 valence electrons.